The highest BCUT2D eigenvalue weighted by Gasteiger charge is 2.25. The summed E-state index contributed by atoms with van der Waals surface area (Å²) in [5.41, 5.74) is 0. The van der Waals surface area contributed by atoms with Crippen molar-refractivity contribution in [1.29, 1.82) is 0 Å². The molecule has 0 unspecified atom stereocenters. The number of hydrogen-bond donors (Lipinski definition) is 0. The van der Waals surface area contributed by atoms with Crippen LogP contribution in [-0.4, -0.2) is 23.4 Å². The third kappa shape index (κ3) is 3.00. The molecule has 1 aliphatic rings. The second-order valence-corrected chi connectivity index (χ2v) is 4.73. The van der Waals surface area contributed by atoms with Crippen molar-refractivity contribution in [3.63, 3.8) is 0 Å². The van der Waals surface area contributed by atoms with Crippen molar-refractivity contribution in [2.45, 2.75) is 58.9 Å². The molecule has 0 saturated heterocycles. The topological polar surface area (TPSA) is 20.3 Å². The van der Waals surface area contributed by atoms with E-state index in [1.54, 1.807) is 0 Å². The summed E-state index contributed by atoms with van der Waals surface area (Å²) in [4.78, 5) is 13.9. The van der Waals surface area contributed by atoms with Gasteiger partial charge in [0, 0.05) is 19.0 Å². The molecule has 2 heteroatoms. The van der Waals surface area contributed by atoms with Crippen molar-refractivity contribution in [3.8, 4) is 0 Å². The van der Waals surface area contributed by atoms with Gasteiger partial charge in [-0.05, 0) is 18.8 Å². The van der Waals surface area contributed by atoms with E-state index in [9.17, 15) is 4.79 Å². The first-order valence-electron chi connectivity index (χ1n) is 5.94. The number of rotatable bonds is 4. The summed E-state index contributed by atoms with van der Waals surface area (Å²) in [7, 11) is 0. The summed E-state index contributed by atoms with van der Waals surface area (Å²) in [5, 5.41) is 0. The quantitative estimate of drug-likeness (QED) is 0.678. The summed E-state index contributed by atoms with van der Waals surface area (Å²) in [6.07, 6.45) is 5.70. The molecule has 1 fully saturated rings. The molecule has 0 spiro atoms. The summed E-state index contributed by atoms with van der Waals surface area (Å²) < 4.78 is 0. The van der Waals surface area contributed by atoms with Crippen molar-refractivity contribution < 1.29 is 4.79 Å². The highest BCUT2D eigenvalue weighted by atomic mass is 16.2. The number of hydrogen-bond acceptors (Lipinski definition) is 1. The molecule has 0 radical (unpaired) electrons. The van der Waals surface area contributed by atoms with Gasteiger partial charge < -0.3 is 4.90 Å². The first kappa shape index (κ1) is 11.5. The van der Waals surface area contributed by atoms with Crippen molar-refractivity contribution >= 4 is 5.91 Å². The molecule has 82 valence electrons. The lowest BCUT2D eigenvalue weighted by Crippen LogP contribution is -2.40. The molecular weight excluding hydrogens is 174 g/mol. The molecule has 1 saturated carbocycles. The van der Waals surface area contributed by atoms with Crippen LogP contribution in [0, 0.1) is 5.92 Å². The van der Waals surface area contributed by atoms with Gasteiger partial charge in [-0.3, -0.25) is 4.79 Å². The highest BCUT2D eigenvalue weighted by Crippen LogP contribution is 2.24. The summed E-state index contributed by atoms with van der Waals surface area (Å²) in [5.74, 6) is 0.927. The van der Waals surface area contributed by atoms with Gasteiger partial charge in [0.2, 0.25) is 5.91 Å². The second kappa shape index (κ2) is 5.38. The van der Waals surface area contributed by atoms with E-state index in [0.717, 1.165) is 6.54 Å². The van der Waals surface area contributed by atoms with E-state index in [1.165, 1.54) is 25.7 Å². The zero-order valence-electron chi connectivity index (χ0n) is 9.75. The Morgan fingerprint density at radius 2 is 1.93 bits per heavy atom. The van der Waals surface area contributed by atoms with Gasteiger partial charge in [0.05, 0.1) is 0 Å². The number of amides is 1. The van der Waals surface area contributed by atoms with E-state index in [0.29, 0.717) is 24.3 Å². The maximum absolute atomic E-state index is 11.8. The third-order valence-electron chi connectivity index (χ3n) is 2.95. The van der Waals surface area contributed by atoms with Gasteiger partial charge in [0.1, 0.15) is 0 Å². The smallest absolute Gasteiger partial charge is 0.222 e. The molecule has 0 aromatic heterocycles. The molecule has 0 atom stereocenters. The Bertz CT molecular complexity index is 183. The molecule has 1 amide bonds. The average molecular weight is 197 g/mol. The Labute approximate surface area is 87.7 Å². The Kier molecular flexibility index (Phi) is 4.43. The molecule has 1 aliphatic carbocycles. The molecule has 0 heterocycles. The lowest BCUT2D eigenvalue weighted by Gasteiger charge is -2.30. The Balaban J connectivity index is 2.55. The van der Waals surface area contributed by atoms with Crippen molar-refractivity contribution in [3.05, 3.63) is 0 Å². The van der Waals surface area contributed by atoms with Crippen molar-refractivity contribution in [1.82, 2.24) is 4.90 Å². The van der Waals surface area contributed by atoms with Gasteiger partial charge in [0.15, 0.2) is 0 Å². The maximum atomic E-state index is 11.8. The SMILES string of the molecule is CCC(=O)N(CC(C)C)C1CCCC1. The largest absolute Gasteiger partial charge is 0.339 e. The molecule has 0 bridgehead atoms. The third-order valence-corrected chi connectivity index (χ3v) is 2.95. The molecular formula is C12H23NO. The first-order valence-corrected chi connectivity index (χ1v) is 5.94. The minimum Gasteiger partial charge on any atom is -0.339 e. The average Bonchev–Trinajstić information content (AvgIpc) is 2.65. The van der Waals surface area contributed by atoms with E-state index >= 15 is 0 Å². The van der Waals surface area contributed by atoms with Gasteiger partial charge in [-0.1, -0.05) is 33.6 Å². The zero-order valence-corrected chi connectivity index (χ0v) is 9.75. The van der Waals surface area contributed by atoms with Crippen LogP contribution >= 0.6 is 0 Å². The van der Waals surface area contributed by atoms with Gasteiger partial charge in [-0.2, -0.15) is 0 Å². The lowest BCUT2D eigenvalue weighted by atomic mass is 10.1. The number of carbonyl (C=O) groups is 1. The summed E-state index contributed by atoms with van der Waals surface area (Å²) in [6.45, 7) is 7.28. The van der Waals surface area contributed by atoms with Crippen LogP contribution < -0.4 is 0 Å². The van der Waals surface area contributed by atoms with Gasteiger partial charge in [-0.25, -0.2) is 0 Å². The van der Waals surface area contributed by atoms with Crippen LogP contribution in [-0.2, 0) is 4.79 Å². The van der Waals surface area contributed by atoms with E-state index in [-0.39, 0.29) is 0 Å². The predicted molar refractivity (Wildman–Crippen MR) is 59.1 cm³/mol. The van der Waals surface area contributed by atoms with Crippen LogP contribution in [0.25, 0.3) is 0 Å². The molecule has 1 rings (SSSR count). The van der Waals surface area contributed by atoms with Crippen LogP contribution in [0.1, 0.15) is 52.9 Å². The van der Waals surface area contributed by atoms with E-state index in [4.69, 9.17) is 0 Å². The van der Waals surface area contributed by atoms with E-state index in [2.05, 4.69) is 18.7 Å². The van der Waals surface area contributed by atoms with Crippen LogP contribution in [0.2, 0.25) is 0 Å². The number of nitrogens with zero attached hydrogens (tertiary/aromatic N) is 1. The molecule has 2 nitrogen and oxygen atoms in total. The van der Waals surface area contributed by atoms with Gasteiger partial charge in [-0.15, -0.1) is 0 Å². The molecule has 0 aromatic carbocycles. The lowest BCUT2D eigenvalue weighted by molar-refractivity contribution is -0.133. The molecule has 14 heavy (non-hydrogen) atoms. The molecule has 0 N–H and O–H groups in total. The van der Waals surface area contributed by atoms with E-state index in [1.807, 2.05) is 6.92 Å². The fraction of sp³-hybridized carbons (Fsp3) is 0.917. The van der Waals surface area contributed by atoms with Gasteiger partial charge in [0.25, 0.3) is 0 Å². The van der Waals surface area contributed by atoms with Crippen LogP contribution in [0.4, 0.5) is 0 Å². The fourth-order valence-electron chi connectivity index (χ4n) is 2.27. The Morgan fingerprint density at radius 3 is 2.36 bits per heavy atom. The minimum absolute atomic E-state index is 0.339. The van der Waals surface area contributed by atoms with E-state index < -0.39 is 0 Å². The fourth-order valence-corrected chi connectivity index (χ4v) is 2.27. The molecule has 0 aliphatic heterocycles. The van der Waals surface area contributed by atoms with Crippen molar-refractivity contribution in [2.24, 2.45) is 5.92 Å². The number of carbonyl (C=O) groups excluding carboxylic acids is 1. The maximum Gasteiger partial charge on any atom is 0.222 e. The van der Waals surface area contributed by atoms with Crippen LogP contribution in [0.15, 0.2) is 0 Å². The second-order valence-electron chi connectivity index (χ2n) is 4.73. The van der Waals surface area contributed by atoms with Crippen LogP contribution in [0.5, 0.6) is 0 Å². The molecule has 0 aromatic rings. The highest BCUT2D eigenvalue weighted by molar-refractivity contribution is 5.76. The monoisotopic (exact) mass is 197 g/mol. The van der Waals surface area contributed by atoms with Gasteiger partial charge >= 0.3 is 0 Å². The minimum atomic E-state index is 0.339. The Hall–Kier alpha value is -0.530. The summed E-state index contributed by atoms with van der Waals surface area (Å²) in [6, 6.07) is 0.546. The Morgan fingerprint density at radius 1 is 1.36 bits per heavy atom. The van der Waals surface area contributed by atoms with Crippen LogP contribution in [0.3, 0.4) is 0 Å². The first-order chi connectivity index (χ1) is 6.65. The van der Waals surface area contributed by atoms with Crippen molar-refractivity contribution in [2.75, 3.05) is 6.54 Å². The summed E-state index contributed by atoms with van der Waals surface area (Å²) >= 11 is 0. The predicted octanol–water partition coefficient (Wildman–Crippen LogP) is 2.82. The zero-order chi connectivity index (χ0) is 10.6. The normalized spacial score (nSPS) is 17.7. The standard InChI is InChI=1S/C12H23NO/c1-4-12(14)13(9-10(2)3)11-7-5-6-8-11/h10-11H,4-9H2,1-3H3.